The predicted octanol–water partition coefficient (Wildman–Crippen LogP) is 2.32. The van der Waals surface area contributed by atoms with Crippen LogP contribution < -0.4 is 5.32 Å². The molecule has 0 amide bonds. The molecule has 1 aliphatic rings. The molecule has 1 aliphatic heterocycles. The topological polar surface area (TPSA) is 84.7 Å². The van der Waals surface area contributed by atoms with Gasteiger partial charge in [-0.05, 0) is 32.4 Å². The molecule has 1 fully saturated rings. The van der Waals surface area contributed by atoms with E-state index in [1.54, 1.807) is 6.07 Å². The molecule has 0 saturated carbocycles. The van der Waals surface area contributed by atoms with Crippen molar-refractivity contribution in [2.75, 3.05) is 44.7 Å². The normalized spacial score (nSPS) is 15.3. The zero-order chi connectivity index (χ0) is 16.7. The number of hydrogen-bond donors (Lipinski definition) is 1. The van der Waals surface area contributed by atoms with E-state index < -0.39 is 4.92 Å². The van der Waals surface area contributed by atoms with Gasteiger partial charge in [0.15, 0.2) is 5.78 Å². The van der Waals surface area contributed by atoms with E-state index in [1.807, 2.05) is 0 Å². The minimum Gasteiger partial charge on any atom is -0.384 e. The molecule has 1 aromatic carbocycles. The SMILES string of the molecule is CC(=O)c1cc([N+](=O)[O-])ccc1NCCCCN1CCOCC1. The number of nitro groups is 1. The van der Waals surface area contributed by atoms with Gasteiger partial charge in [-0.3, -0.25) is 19.8 Å². The third-order valence-electron chi connectivity index (χ3n) is 3.91. The number of carbonyl (C=O) groups is 1. The second-order valence-electron chi connectivity index (χ2n) is 5.63. The minimum absolute atomic E-state index is 0.0620. The van der Waals surface area contributed by atoms with Crippen LogP contribution in [-0.2, 0) is 4.74 Å². The van der Waals surface area contributed by atoms with Crippen molar-refractivity contribution in [1.82, 2.24) is 4.90 Å². The number of carbonyl (C=O) groups excluding carboxylic acids is 1. The van der Waals surface area contributed by atoms with Gasteiger partial charge in [0.05, 0.1) is 18.1 Å². The van der Waals surface area contributed by atoms with Gasteiger partial charge < -0.3 is 10.1 Å². The number of anilines is 1. The van der Waals surface area contributed by atoms with Gasteiger partial charge in [0, 0.05) is 43.0 Å². The van der Waals surface area contributed by atoms with Crippen molar-refractivity contribution in [1.29, 1.82) is 0 Å². The van der Waals surface area contributed by atoms with Crippen molar-refractivity contribution in [2.45, 2.75) is 19.8 Å². The summed E-state index contributed by atoms with van der Waals surface area (Å²) in [6.45, 7) is 6.80. The van der Waals surface area contributed by atoms with Crippen LogP contribution in [0.2, 0.25) is 0 Å². The Hall–Kier alpha value is -1.99. The van der Waals surface area contributed by atoms with Crippen LogP contribution in [0.3, 0.4) is 0 Å². The lowest BCUT2D eigenvalue weighted by Gasteiger charge is -2.26. The van der Waals surface area contributed by atoms with Gasteiger partial charge in [-0.25, -0.2) is 0 Å². The van der Waals surface area contributed by atoms with Crippen molar-refractivity contribution in [3.63, 3.8) is 0 Å². The van der Waals surface area contributed by atoms with E-state index in [0.717, 1.165) is 52.2 Å². The quantitative estimate of drug-likeness (QED) is 0.342. The summed E-state index contributed by atoms with van der Waals surface area (Å²) in [7, 11) is 0. The highest BCUT2D eigenvalue weighted by Gasteiger charge is 2.14. The molecule has 1 aromatic rings. The molecule has 1 N–H and O–H groups in total. The summed E-state index contributed by atoms with van der Waals surface area (Å²) in [5.41, 5.74) is 0.968. The van der Waals surface area contributed by atoms with Crippen LogP contribution >= 0.6 is 0 Å². The van der Waals surface area contributed by atoms with Gasteiger partial charge in [0.2, 0.25) is 0 Å². The molecule has 23 heavy (non-hydrogen) atoms. The minimum atomic E-state index is -0.488. The first-order valence-corrected chi connectivity index (χ1v) is 7.91. The van der Waals surface area contributed by atoms with Crippen LogP contribution in [0.5, 0.6) is 0 Å². The Balaban J connectivity index is 1.80. The van der Waals surface area contributed by atoms with Gasteiger partial charge in [0.25, 0.3) is 5.69 Å². The number of nitro benzene ring substituents is 1. The fourth-order valence-corrected chi connectivity index (χ4v) is 2.60. The molecule has 0 atom stereocenters. The number of rotatable bonds is 8. The van der Waals surface area contributed by atoms with E-state index >= 15 is 0 Å². The zero-order valence-corrected chi connectivity index (χ0v) is 13.4. The standard InChI is InChI=1S/C16H23N3O4/c1-13(20)15-12-14(19(21)22)4-5-16(15)17-6-2-3-7-18-8-10-23-11-9-18/h4-5,12,17H,2-3,6-11H2,1H3. The molecular formula is C16H23N3O4. The first kappa shape index (κ1) is 17.4. The van der Waals surface area contributed by atoms with Crippen molar-refractivity contribution >= 4 is 17.2 Å². The highest BCUT2D eigenvalue weighted by Crippen LogP contribution is 2.22. The Labute approximate surface area is 135 Å². The lowest BCUT2D eigenvalue weighted by atomic mass is 10.1. The smallest absolute Gasteiger partial charge is 0.270 e. The summed E-state index contributed by atoms with van der Waals surface area (Å²) < 4.78 is 5.31. The first-order valence-electron chi connectivity index (χ1n) is 7.91. The molecule has 2 rings (SSSR count). The molecule has 0 aliphatic carbocycles. The number of ether oxygens (including phenoxy) is 1. The fraction of sp³-hybridized carbons (Fsp3) is 0.562. The van der Waals surface area contributed by atoms with Crippen molar-refractivity contribution < 1.29 is 14.5 Å². The summed E-state index contributed by atoms with van der Waals surface area (Å²) in [5.74, 6) is -0.176. The van der Waals surface area contributed by atoms with E-state index in [1.165, 1.54) is 19.1 Å². The molecule has 0 bridgehead atoms. The van der Waals surface area contributed by atoms with Crippen LogP contribution in [0, 0.1) is 10.1 Å². The summed E-state index contributed by atoms with van der Waals surface area (Å²) in [6, 6.07) is 4.36. The number of ketones is 1. The molecule has 1 saturated heterocycles. The average molecular weight is 321 g/mol. The Morgan fingerprint density at radius 3 is 2.74 bits per heavy atom. The largest absolute Gasteiger partial charge is 0.384 e. The Bertz CT molecular complexity index is 556. The van der Waals surface area contributed by atoms with E-state index in [2.05, 4.69) is 10.2 Å². The lowest BCUT2D eigenvalue weighted by molar-refractivity contribution is -0.384. The second kappa shape index (κ2) is 8.59. The number of Topliss-reactive ketones (excluding diaryl/α,β-unsaturated/α-hetero) is 1. The summed E-state index contributed by atoms with van der Waals surface area (Å²) in [4.78, 5) is 24.3. The van der Waals surface area contributed by atoms with Crippen LogP contribution in [0.25, 0.3) is 0 Å². The summed E-state index contributed by atoms with van der Waals surface area (Å²) in [5, 5.41) is 14.0. The van der Waals surface area contributed by atoms with Crippen LogP contribution in [0.1, 0.15) is 30.1 Å². The van der Waals surface area contributed by atoms with Crippen molar-refractivity contribution in [3.05, 3.63) is 33.9 Å². The average Bonchev–Trinajstić information content (AvgIpc) is 2.55. The highest BCUT2D eigenvalue weighted by atomic mass is 16.6. The molecule has 0 unspecified atom stereocenters. The zero-order valence-electron chi connectivity index (χ0n) is 13.4. The maximum atomic E-state index is 11.7. The monoisotopic (exact) mass is 321 g/mol. The third kappa shape index (κ3) is 5.30. The second-order valence-corrected chi connectivity index (χ2v) is 5.63. The van der Waals surface area contributed by atoms with Gasteiger partial charge in [-0.1, -0.05) is 0 Å². The van der Waals surface area contributed by atoms with Crippen LogP contribution in [-0.4, -0.2) is 55.0 Å². The number of non-ortho nitro benzene ring substituents is 1. The van der Waals surface area contributed by atoms with E-state index in [-0.39, 0.29) is 11.5 Å². The van der Waals surface area contributed by atoms with Gasteiger partial charge in [0.1, 0.15) is 0 Å². The molecule has 7 heteroatoms. The molecule has 7 nitrogen and oxygen atoms in total. The number of morpholine rings is 1. The maximum absolute atomic E-state index is 11.7. The predicted molar refractivity (Wildman–Crippen MR) is 88.1 cm³/mol. The molecule has 0 radical (unpaired) electrons. The van der Waals surface area contributed by atoms with E-state index in [0.29, 0.717) is 11.3 Å². The number of benzene rings is 1. The van der Waals surface area contributed by atoms with Gasteiger partial charge in [-0.15, -0.1) is 0 Å². The Kier molecular flexibility index (Phi) is 6.49. The molecule has 0 spiro atoms. The number of hydrogen-bond acceptors (Lipinski definition) is 6. The molecule has 1 heterocycles. The first-order chi connectivity index (χ1) is 11.1. The number of nitrogens with one attached hydrogen (secondary N) is 1. The van der Waals surface area contributed by atoms with Crippen molar-refractivity contribution in [2.24, 2.45) is 0 Å². The Morgan fingerprint density at radius 2 is 2.09 bits per heavy atom. The highest BCUT2D eigenvalue weighted by molar-refractivity contribution is 6.00. The summed E-state index contributed by atoms with van der Waals surface area (Å²) in [6.07, 6.45) is 2.04. The van der Waals surface area contributed by atoms with Crippen molar-refractivity contribution in [3.8, 4) is 0 Å². The number of unbranched alkanes of at least 4 members (excludes halogenated alkanes) is 1. The molecule has 126 valence electrons. The Morgan fingerprint density at radius 1 is 1.35 bits per heavy atom. The summed E-state index contributed by atoms with van der Waals surface area (Å²) >= 11 is 0. The van der Waals surface area contributed by atoms with Gasteiger partial charge in [-0.2, -0.15) is 0 Å². The molecule has 0 aromatic heterocycles. The maximum Gasteiger partial charge on any atom is 0.270 e. The fourth-order valence-electron chi connectivity index (χ4n) is 2.60. The number of nitrogens with zero attached hydrogens (tertiary/aromatic N) is 2. The lowest BCUT2D eigenvalue weighted by Crippen LogP contribution is -2.36. The van der Waals surface area contributed by atoms with E-state index in [4.69, 9.17) is 4.74 Å². The van der Waals surface area contributed by atoms with Crippen LogP contribution in [0.4, 0.5) is 11.4 Å². The third-order valence-corrected chi connectivity index (χ3v) is 3.91. The molecular weight excluding hydrogens is 298 g/mol. The van der Waals surface area contributed by atoms with Crippen LogP contribution in [0.15, 0.2) is 18.2 Å². The van der Waals surface area contributed by atoms with Gasteiger partial charge >= 0.3 is 0 Å². The van der Waals surface area contributed by atoms with E-state index in [9.17, 15) is 14.9 Å².